The molecule has 2 N–H and O–H groups in total. The Morgan fingerprint density at radius 1 is 1.28 bits per heavy atom. The number of hydrogen-bond donors (Lipinski definition) is 2. The van der Waals surface area contributed by atoms with Crippen molar-refractivity contribution >= 4 is 23.2 Å². The highest BCUT2D eigenvalue weighted by atomic mass is 32.1. The fourth-order valence-corrected chi connectivity index (χ4v) is 4.57. The van der Waals surface area contributed by atoms with Crippen LogP contribution in [0.2, 0.25) is 0 Å². The normalized spacial score (nSPS) is 27.3. The molecule has 29 heavy (non-hydrogen) atoms. The van der Waals surface area contributed by atoms with Crippen molar-refractivity contribution in [2.75, 3.05) is 19.7 Å². The molecule has 1 aromatic rings. The summed E-state index contributed by atoms with van der Waals surface area (Å²) in [4.78, 5) is 25.0. The van der Waals surface area contributed by atoms with Crippen LogP contribution in [0.4, 0.5) is 13.2 Å². The molecule has 10 heteroatoms. The Balaban J connectivity index is 0.000000298. The second kappa shape index (κ2) is 9.44. The molecule has 2 saturated heterocycles. The lowest BCUT2D eigenvalue weighted by Gasteiger charge is -2.46. The van der Waals surface area contributed by atoms with Crippen LogP contribution in [0.3, 0.4) is 0 Å². The van der Waals surface area contributed by atoms with E-state index in [2.05, 4.69) is 27.7 Å². The summed E-state index contributed by atoms with van der Waals surface area (Å²) in [6.07, 6.45) is -0.367. The number of nitrogens with zero attached hydrogens (tertiary/aromatic N) is 1. The van der Waals surface area contributed by atoms with Crippen LogP contribution in [-0.4, -0.2) is 59.9 Å². The predicted octanol–water partition coefficient (Wildman–Crippen LogP) is 2.89. The van der Waals surface area contributed by atoms with Gasteiger partial charge in [-0.15, -0.1) is 11.3 Å². The minimum absolute atomic E-state index is 0.159. The van der Waals surface area contributed by atoms with Crippen molar-refractivity contribution in [1.29, 1.82) is 0 Å². The molecule has 162 valence electrons. The number of alkyl halides is 3. The van der Waals surface area contributed by atoms with E-state index in [1.165, 1.54) is 11.3 Å². The van der Waals surface area contributed by atoms with Gasteiger partial charge in [0.05, 0.1) is 12.1 Å². The summed E-state index contributed by atoms with van der Waals surface area (Å²) < 4.78 is 37.8. The highest BCUT2D eigenvalue weighted by molar-refractivity contribution is 7.09. The van der Waals surface area contributed by atoms with Crippen LogP contribution in [0.15, 0.2) is 17.5 Å². The first kappa shape index (κ1) is 22.0. The van der Waals surface area contributed by atoms with Crippen LogP contribution in [-0.2, 0) is 20.9 Å². The maximum absolute atomic E-state index is 12.2. The zero-order valence-corrected chi connectivity index (χ0v) is 16.7. The van der Waals surface area contributed by atoms with E-state index < -0.39 is 12.1 Å². The van der Waals surface area contributed by atoms with Crippen LogP contribution >= 0.6 is 11.3 Å². The van der Waals surface area contributed by atoms with Crippen LogP contribution in [0.1, 0.15) is 30.6 Å². The zero-order chi connectivity index (χ0) is 21.0. The van der Waals surface area contributed by atoms with Crippen molar-refractivity contribution in [3.63, 3.8) is 0 Å². The number of hydrogen-bond acceptors (Lipinski definition) is 5. The molecule has 3 fully saturated rings. The smallest absolute Gasteiger partial charge is 0.475 e. The first-order valence-corrected chi connectivity index (χ1v) is 10.6. The van der Waals surface area contributed by atoms with Gasteiger partial charge in [-0.1, -0.05) is 6.07 Å². The quantitative estimate of drug-likeness (QED) is 0.762. The lowest BCUT2D eigenvalue weighted by atomic mass is 9.85. The number of nitrogens with one attached hydrogen (secondary N) is 1. The molecule has 3 heterocycles. The minimum atomic E-state index is -5.08. The topological polar surface area (TPSA) is 78.9 Å². The second-order valence-electron chi connectivity index (χ2n) is 7.70. The van der Waals surface area contributed by atoms with Gasteiger partial charge in [0.25, 0.3) is 0 Å². The Morgan fingerprint density at radius 2 is 2.00 bits per heavy atom. The van der Waals surface area contributed by atoms with Gasteiger partial charge in [0, 0.05) is 37.0 Å². The number of carboxylic acid groups (broad SMARTS) is 1. The molecule has 1 aromatic heterocycles. The maximum atomic E-state index is 12.2. The third-order valence-electron chi connectivity index (χ3n) is 5.32. The molecular weight excluding hydrogens is 409 g/mol. The van der Waals surface area contributed by atoms with E-state index in [4.69, 9.17) is 14.6 Å². The summed E-state index contributed by atoms with van der Waals surface area (Å²) in [7, 11) is 0. The third-order valence-corrected chi connectivity index (χ3v) is 6.18. The summed E-state index contributed by atoms with van der Waals surface area (Å²) in [5.74, 6) is -1.68. The first-order valence-electron chi connectivity index (χ1n) is 9.71. The maximum Gasteiger partial charge on any atom is 0.490 e. The summed E-state index contributed by atoms with van der Waals surface area (Å²) in [6.45, 7) is 3.86. The SMILES string of the molecule is O=C(N[C@@H]1CN(Cc2cccs2)C[C@@H]2CCCO[C@@H]21)C1CC1.O=C(O)C(F)(F)F. The van der Waals surface area contributed by atoms with Crippen LogP contribution in [0.5, 0.6) is 0 Å². The van der Waals surface area contributed by atoms with E-state index >= 15 is 0 Å². The van der Waals surface area contributed by atoms with E-state index in [0.717, 1.165) is 45.5 Å². The van der Waals surface area contributed by atoms with Gasteiger partial charge < -0.3 is 15.2 Å². The molecule has 0 radical (unpaired) electrons. The molecule has 4 rings (SSSR count). The second-order valence-corrected chi connectivity index (χ2v) is 8.74. The van der Waals surface area contributed by atoms with Gasteiger partial charge in [-0.05, 0) is 43.0 Å². The number of likely N-dealkylation sites (tertiary alicyclic amines) is 1. The van der Waals surface area contributed by atoms with Crippen molar-refractivity contribution < 1.29 is 32.6 Å². The van der Waals surface area contributed by atoms with Gasteiger partial charge >= 0.3 is 12.1 Å². The molecular formula is C19H25F3N2O4S. The number of piperidine rings is 1. The highest BCUT2D eigenvalue weighted by Crippen LogP contribution is 2.32. The number of fused-ring (bicyclic) bond motifs is 1. The first-order chi connectivity index (χ1) is 13.7. The van der Waals surface area contributed by atoms with Gasteiger partial charge in [-0.3, -0.25) is 9.69 Å². The molecule has 2 aliphatic heterocycles. The van der Waals surface area contributed by atoms with E-state index in [-0.39, 0.29) is 24.0 Å². The standard InChI is InChI=1S/C17H24N2O2S.C2HF3O2/c20-17(12-5-6-12)18-15-11-19(10-14-4-2-8-22-14)9-13-3-1-7-21-16(13)15;3-2(4,5)1(6)7/h2,4,8,12-13,15-16H,1,3,5-7,9-11H2,(H,18,20);(H,6,7)/t13-,15+,16-;/m0./s1. The Morgan fingerprint density at radius 3 is 2.59 bits per heavy atom. The third kappa shape index (κ3) is 6.42. The Kier molecular flexibility index (Phi) is 7.18. The van der Waals surface area contributed by atoms with Gasteiger partial charge in [-0.2, -0.15) is 13.2 Å². The summed E-state index contributed by atoms with van der Waals surface area (Å²) in [5.41, 5.74) is 0. The minimum Gasteiger partial charge on any atom is -0.475 e. The number of carbonyl (C=O) groups excluding carboxylic acids is 1. The fraction of sp³-hybridized carbons (Fsp3) is 0.684. The number of ether oxygens (including phenoxy) is 1. The van der Waals surface area contributed by atoms with Gasteiger partial charge in [0.2, 0.25) is 5.91 Å². The van der Waals surface area contributed by atoms with Crippen molar-refractivity contribution in [3.8, 4) is 0 Å². The monoisotopic (exact) mass is 434 g/mol. The molecule has 1 amide bonds. The van der Waals surface area contributed by atoms with Crippen LogP contribution in [0, 0.1) is 11.8 Å². The number of carboxylic acids is 1. The molecule has 3 atom stereocenters. The predicted molar refractivity (Wildman–Crippen MR) is 100 cm³/mol. The van der Waals surface area contributed by atoms with E-state index in [9.17, 15) is 18.0 Å². The molecule has 0 spiro atoms. The van der Waals surface area contributed by atoms with Crippen molar-refractivity contribution in [1.82, 2.24) is 10.2 Å². The fourth-order valence-electron chi connectivity index (χ4n) is 3.82. The summed E-state index contributed by atoms with van der Waals surface area (Å²) in [6, 6.07) is 4.47. The molecule has 1 saturated carbocycles. The number of thiophene rings is 1. The lowest BCUT2D eigenvalue weighted by Crippen LogP contribution is -2.61. The van der Waals surface area contributed by atoms with Crippen molar-refractivity contribution in [3.05, 3.63) is 22.4 Å². The largest absolute Gasteiger partial charge is 0.490 e. The van der Waals surface area contributed by atoms with Crippen molar-refractivity contribution in [2.45, 2.75) is 50.6 Å². The Hall–Kier alpha value is -1.65. The number of halogens is 3. The Labute approximate surface area is 171 Å². The molecule has 6 nitrogen and oxygen atoms in total. The average molecular weight is 434 g/mol. The van der Waals surface area contributed by atoms with Crippen LogP contribution < -0.4 is 5.32 Å². The number of rotatable bonds is 4. The number of carbonyl (C=O) groups is 2. The number of aliphatic carboxylic acids is 1. The molecule has 1 aliphatic carbocycles. The van der Waals surface area contributed by atoms with E-state index in [0.29, 0.717) is 5.92 Å². The van der Waals surface area contributed by atoms with Gasteiger partial charge in [0.1, 0.15) is 0 Å². The van der Waals surface area contributed by atoms with Gasteiger partial charge in [0.15, 0.2) is 0 Å². The molecule has 3 aliphatic rings. The Bertz CT molecular complexity index is 694. The molecule has 0 aromatic carbocycles. The number of amides is 1. The summed E-state index contributed by atoms with van der Waals surface area (Å²) in [5, 5.41) is 12.5. The molecule has 0 bridgehead atoms. The van der Waals surface area contributed by atoms with E-state index in [1.807, 2.05) is 11.3 Å². The lowest BCUT2D eigenvalue weighted by molar-refractivity contribution is -0.192. The van der Waals surface area contributed by atoms with Gasteiger partial charge in [-0.25, -0.2) is 4.79 Å². The molecule has 0 unspecified atom stereocenters. The highest BCUT2D eigenvalue weighted by Gasteiger charge is 2.41. The van der Waals surface area contributed by atoms with Crippen molar-refractivity contribution in [2.24, 2.45) is 11.8 Å². The summed E-state index contributed by atoms with van der Waals surface area (Å²) >= 11 is 1.82. The van der Waals surface area contributed by atoms with E-state index in [1.54, 1.807) is 0 Å². The zero-order valence-electron chi connectivity index (χ0n) is 15.9. The average Bonchev–Trinajstić information content (AvgIpc) is 3.40. The van der Waals surface area contributed by atoms with Crippen LogP contribution in [0.25, 0.3) is 0 Å².